The van der Waals surface area contributed by atoms with E-state index in [9.17, 15) is 9.59 Å². The van der Waals surface area contributed by atoms with Crippen molar-refractivity contribution in [1.29, 1.82) is 0 Å². The molecule has 1 amide bonds. The molecular formula is C22H28N4O6. The van der Waals surface area contributed by atoms with Crippen LogP contribution in [-0.4, -0.2) is 40.7 Å². The maximum absolute atomic E-state index is 12.6. The van der Waals surface area contributed by atoms with Crippen molar-refractivity contribution in [1.82, 2.24) is 20.3 Å². The van der Waals surface area contributed by atoms with Crippen molar-refractivity contribution < 1.29 is 23.5 Å². The minimum atomic E-state index is -0.476. The largest absolute Gasteiger partial charge is 0.490 e. The van der Waals surface area contributed by atoms with E-state index in [1.54, 1.807) is 26.0 Å². The number of carbonyl (C=O) groups is 1. The van der Waals surface area contributed by atoms with Gasteiger partial charge in [-0.25, -0.2) is 4.68 Å². The summed E-state index contributed by atoms with van der Waals surface area (Å²) in [6.07, 6.45) is 0. The molecule has 0 unspecified atom stereocenters. The molecular weight excluding hydrogens is 416 g/mol. The highest BCUT2D eigenvalue weighted by molar-refractivity contribution is 5.82. The molecule has 0 atom stereocenters. The maximum Gasteiger partial charge on any atom is 0.297 e. The summed E-state index contributed by atoms with van der Waals surface area (Å²) >= 11 is 0. The molecule has 10 nitrogen and oxygen atoms in total. The molecule has 2 heterocycles. The lowest BCUT2D eigenvalue weighted by molar-refractivity contribution is -0.122. The number of nitrogens with zero attached hydrogens (tertiary/aromatic N) is 3. The molecule has 10 heteroatoms. The standard InChI is InChI=1S/C22H28N4O6/c1-6-29-16-9-15(10-17(30-7-2)21(16)31-8-3)11-23-18(27)12-26-22(28)20-19(13(4)24-26)14(5)32-25-20/h9-10H,6-8,11-12H2,1-5H3,(H,23,27). The van der Waals surface area contributed by atoms with E-state index in [2.05, 4.69) is 15.6 Å². The summed E-state index contributed by atoms with van der Waals surface area (Å²) in [5, 5.41) is 11.4. The van der Waals surface area contributed by atoms with Gasteiger partial charge >= 0.3 is 0 Å². The lowest BCUT2D eigenvalue weighted by atomic mass is 10.1. The van der Waals surface area contributed by atoms with Crippen LogP contribution in [0.1, 0.15) is 37.8 Å². The number of hydrogen-bond donors (Lipinski definition) is 1. The molecule has 172 valence electrons. The van der Waals surface area contributed by atoms with Crippen LogP contribution in [-0.2, 0) is 17.9 Å². The van der Waals surface area contributed by atoms with Crippen molar-refractivity contribution in [2.75, 3.05) is 19.8 Å². The number of carbonyl (C=O) groups excluding carboxylic acids is 1. The van der Waals surface area contributed by atoms with Crippen molar-refractivity contribution in [3.63, 3.8) is 0 Å². The zero-order valence-corrected chi connectivity index (χ0v) is 19.0. The van der Waals surface area contributed by atoms with Gasteiger partial charge in [-0.3, -0.25) is 9.59 Å². The van der Waals surface area contributed by atoms with Gasteiger partial charge in [0.1, 0.15) is 12.3 Å². The maximum atomic E-state index is 12.6. The summed E-state index contributed by atoms with van der Waals surface area (Å²) in [5.41, 5.74) is 1.03. The number of aromatic nitrogens is 3. The van der Waals surface area contributed by atoms with E-state index in [0.717, 1.165) is 10.2 Å². The van der Waals surface area contributed by atoms with Gasteiger partial charge in [0.2, 0.25) is 11.7 Å². The van der Waals surface area contributed by atoms with E-state index in [1.165, 1.54) is 0 Å². The van der Waals surface area contributed by atoms with Crippen LogP contribution >= 0.6 is 0 Å². The molecule has 3 aromatic rings. The first-order chi connectivity index (χ1) is 15.4. The van der Waals surface area contributed by atoms with E-state index in [4.69, 9.17) is 18.7 Å². The third kappa shape index (κ3) is 4.84. The van der Waals surface area contributed by atoms with E-state index in [1.807, 2.05) is 20.8 Å². The second kappa shape index (κ2) is 10.2. The molecule has 0 spiro atoms. The monoisotopic (exact) mass is 444 g/mol. The van der Waals surface area contributed by atoms with Gasteiger partial charge in [-0.15, -0.1) is 0 Å². The van der Waals surface area contributed by atoms with Gasteiger partial charge < -0.3 is 24.1 Å². The Morgan fingerprint density at radius 3 is 2.28 bits per heavy atom. The summed E-state index contributed by atoms with van der Waals surface area (Å²) in [5.74, 6) is 1.77. The van der Waals surface area contributed by atoms with Crippen LogP contribution in [0.25, 0.3) is 10.9 Å². The van der Waals surface area contributed by atoms with Gasteiger partial charge in [0.25, 0.3) is 5.56 Å². The van der Waals surface area contributed by atoms with Gasteiger partial charge in [-0.2, -0.15) is 5.10 Å². The molecule has 0 saturated carbocycles. The van der Waals surface area contributed by atoms with Crippen LogP contribution in [0.2, 0.25) is 0 Å². The van der Waals surface area contributed by atoms with Gasteiger partial charge in [0, 0.05) is 6.54 Å². The Hall–Kier alpha value is -3.56. The molecule has 1 aromatic carbocycles. The fourth-order valence-electron chi connectivity index (χ4n) is 3.39. The Morgan fingerprint density at radius 1 is 1.06 bits per heavy atom. The molecule has 0 aliphatic rings. The Balaban J connectivity index is 1.78. The number of fused-ring (bicyclic) bond motifs is 1. The summed E-state index contributed by atoms with van der Waals surface area (Å²) in [6, 6.07) is 3.60. The topological polar surface area (TPSA) is 118 Å². The average molecular weight is 444 g/mol. The zero-order chi connectivity index (χ0) is 23.3. The second-order valence-corrected chi connectivity index (χ2v) is 7.01. The first kappa shape index (κ1) is 23.1. The summed E-state index contributed by atoms with van der Waals surface area (Å²) in [7, 11) is 0. The van der Waals surface area contributed by atoms with Crippen LogP contribution in [0, 0.1) is 13.8 Å². The first-order valence-corrected chi connectivity index (χ1v) is 10.5. The van der Waals surface area contributed by atoms with Crippen LogP contribution in [0.4, 0.5) is 0 Å². The van der Waals surface area contributed by atoms with Crippen LogP contribution in [0.3, 0.4) is 0 Å². The van der Waals surface area contributed by atoms with Crippen LogP contribution in [0.5, 0.6) is 17.2 Å². The number of nitrogens with one attached hydrogen (secondary N) is 1. The van der Waals surface area contributed by atoms with E-state index in [0.29, 0.717) is 53.9 Å². The third-order valence-electron chi connectivity index (χ3n) is 4.68. The van der Waals surface area contributed by atoms with Crippen molar-refractivity contribution in [3.8, 4) is 17.2 Å². The number of ether oxygens (including phenoxy) is 3. The highest BCUT2D eigenvalue weighted by atomic mass is 16.5. The molecule has 0 bridgehead atoms. The van der Waals surface area contributed by atoms with Crippen LogP contribution in [0.15, 0.2) is 21.5 Å². The SMILES string of the molecule is CCOc1cc(CNC(=O)Cn2nc(C)c3c(C)onc3c2=O)cc(OCC)c1OCC. The number of hydrogen-bond acceptors (Lipinski definition) is 8. The molecule has 0 fully saturated rings. The summed E-state index contributed by atoms with van der Waals surface area (Å²) in [4.78, 5) is 25.1. The van der Waals surface area contributed by atoms with E-state index >= 15 is 0 Å². The number of aryl methyl sites for hydroxylation is 2. The average Bonchev–Trinajstić information content (AvgIpc) is 3.15. The Kier molecular flexibility index (Phi) is 7.34. The molecule has 0 aliphatic carbocycles. The highest BCUT2D eigenvalue weighted by Gasteiger charge is 2.18. The molecule has 0 radical (unpaired) electrons. The van der Waals surface area contributed by atoms with Gasteiger partial charge in [-0.1, -0.05) is 5.16 Å². The highest BCUT2D eigenvalue weighted by Crippen LogP contribution is 2.39. The van der Waals surface area contributed by atoms with Crippen molar-refractivity contribution in [3.05, 3.63) is 39.5 Å². The smallest absolute Gasteiger partial charge is 0.297 e. The van der Waals surface area contributed by atoms with E-state index < -0.39 is 5.56 Å². The first-order valence-electron chi connectivity index (χ1n) is 10.5. The van der Waals surface area contributed by atoms with Crippen LogP contribution < -0.4 is 25.1 Å². The molecule has 32 heavy (non-hydrogen) atoms. The minimum absolute atomic E-state index is 0.164. The predicted octanol–water partition coefficient (Wildman–Crippen LogP) is 2.51. The van der Waals surface area contributed by atoms with Gasteiger partial charge in [-0.05, 0) is 52.3 Å². The molecule has 3 rings (SSSR count). The fourth-order valence-corrected chi connectivity index (χ4v) is 3.39. The van der Waals surface area contributed by atoms with E-state index in [-0.39, 0.29) is 24.5 Å². The molecule has 1 N–H and O–H groups in total. The van der Waals surface area contributed by atoms with Crippen molar-refractivity contribution >= 4 is 16.8 Å². The molecule has 2 aromatic heterocycles. The lowest BCUT2D eigenvalue weighted by Crippen LogP contribution is -2.34. The predicted molar refractivity (Wildman–Crippen MR) is 117 cm³/mol. The Labute approximate surface area is 185 Å². The van der Waals surface area contributed by atoms with Crippen molar-refractivity contribution in [2.24, 2.45) is 0 Å². The molecule has 0 saturated heterocycles. The number of rotatable bonds is 10. The fraction of sp³-hybridized carbons (Fsp3) is 0.455. The summed E-state index contributed by atoms with van der Waals surface area (Å²) in [6.45, 7) is 10.4. The number of amides is 1. The Morgan fingerprint density at radius 2 is 1.69 bits per heavy atom. The lowest BCUT2D eigenvalue weighted by Gasteiger charge is -2.17. The zero-order valence-electron chi connectivity index (χ0n) is 19.0. The molecule has 0 aliphatic heterocycles. The normalized spacial score (nSPS) is 10.9. The third-order valence-corrected chi connectivity index (χ3v) is 4.68. The van der Waals surface area contributed by atoms with Gasteiger partial charge in [0.15, 0.2) is 17.0 Å². The number of benzene rings is 1. The quantitative estimate of drug-likeness (QED) is 0.507. The summed E-state index contributed by atoms with van der Waals surface area (Å²) < 4.78 is 23.3. The Bertz CT molecular complexity index is 1140. The van der Waals surface area contributed by atoms with Gasteiger partial charge in [0.05, 0.1) is 30.9 Å². The second-order valence-electron chi connectivity index (χ2n) is 7.01. The minimum Gasteiger partial charge on any atom is -0.490 e. The van der Waals surface area contributed by atoms with Crippen molar-refractivity contribution in [2.45, 2.75) is 47.7 Å².